The Balaban J connectivity index is 1.56. The Labute approximate surface area is 168 Å². The maximum Gasteiger partial charge on any atom is 0.261 e. The van der Waals surface area contributed by atoms with Gasteiger partial charge in [-0.15, -0.1) is 11.3 Å². The van der Waals surface area contributed by atoms with Crippen LogP contribution in [0.5, 0.6) is 5.75 Å². The molecule has 2 amide bonds. The highest BCUT2D eigenvalue weighted by molar-refractivity contribution is 7.12. The monoisotopic (exact) mass is 394 g/mol. The number of thiophene rings is 1. The lowest BCUT2D eigenvalue weighted by atomic mass is 10.0. The molecule has 0 bridgehead atoms. The standard InChI is InChI=1S/C22H22N2O3S/c1-27-19-10-9-18(15-17(19)14-16-6-3-2-4-7-16)24-21(25)11-12-23-22(26)20-8-5-13-28-20/h2-10,13,15H,11-12,14H2,1H3,(H,23,26)(H,24,25). The number of hydrogen-bond donors (Lipinski definition) is 2. The van der Waals surface area contributed by atoms with Gasteiger partial charge in [0.05, 0.1) is 12.0 Å². The van der Waals surface area contributed by atoms with Crippen molar-refractivity contribution in [3.63, 3.8) is 0 Å². The number of nitrogens with one attached hydrogen (secondary N) is 2. The minimum atomic E-state index is -0.155. The largest absolute Gasteiger partial charge is 0.496 e. The first-order valence-electron chi connectivity index (χ1n) is 8.98. The van der Waals surface area contributed by atoms with Crippen LogP contribution in [0.3, 0.4) is 0 Å². The van der Waals surface area contributed by atoms with Gasteiger partial charge < -0.3 is 15.4 Å². The van der Waals surface area contributed by atoms with Crippen molar-refractivity contribution in [3.8, 4) is 5.75 Å². The van der Waals surface area contributed by atoms with Gasteiger partial charge in [-0.2, -0.15) is 0 Å². The van der Waals surface area contributed by atoms with Crippen molar-refractivity contribution >= 4 is 28.8 Å². The molecule has 0 saturated heterocycles. The second-order valence-electron chi connectivity index (χ2n) is 6.22. The molecular formula is C22H22N2O3S. The molecule has 2 aromatic carbocycles. The molecule has 1 aromatic heterocycles. The molecule has 2 N–H and O–H groups in total. The lowest BCUT2D eigenvalue weighted by molar-refractivity contribution is -0.116. The molecule has 144 valence electrons. The van der Waals surface area contributed by atoms with Crippen molar-refractivity contribution < 1.29 is 14.3 Å². The summed E-state index contributed by atoms with van der Waals surface area (Å²) in [6.45, 7) is 0.287. The third kappa shape index (κ3) is 5.44. The van der Waals surface area contributed by atoms with Gasteiger partial charge in [0.2, 0.25) is 5.91 Å². The van der Waals surface area contributed by atoms with Gasteiger partial charge in [0.25, 0.3) is 5.91 Å². The van der Waals surface area contributed by atoms with Crippen LogP contribution < -0.4 is 15.4 Å². The molecule has 0 radical (unpaired) electrons. The Hall–Kier alpha value is -3.12. The molecule has 3 aromatic rings. The van der Waals surface area contributed by atoms with E-state index in [1.54, 1.807) is 13.2 Å². The zero-order chi connectivity index (χ0) is 19.8. The number of hydrogen-bond acceptors (Lipinski definition) is 4. The van der Waals surface area contributed by atoms with Crippen LogP contribution in [-0.2, 0) is 11.2 Å². The van der Waals surface area contributed by atoms with Crippen molar-refractivity contribution in [2.24, 2.45) is 0 Å². The quantitative estimate of drug-likeness (QED) is 0.604. The number of anilines is 1. The van der Waals surface area contributed by atoms with Crippen LogP contribution >= 0.6 is 11.3 Å². The smallest absolute Gasteiger partial charge is 0.261 e. The first kappa shape index (κ1) is 19.6. The van der Waals surface area contributed by atoms with Crippen molar-refractivity contribution in [2.75, 3.05) is 19.0 Å². The van der Waals surface area contributed by atoms with Gasteiger partial charge in [0.1, 0.15) is 5.75 Å². The van der Waals surface area contributed by atoms with Crippen molar-refractivity contribution in [3.05, 3.63) is 82.0 Å². The van der Waals surface area contributed by atoms with Crippen molar-refractivity contribution in [1.29, 1.82) is 0 Å². The summed E-state index contributed by atoms with van der Waals surface area (Å²) in [7, 11) is 1.64. The Bertz CT molecular complexity index is 924. The fourth-order valence-corrected chi connectivity index (χ4v) is 3.46. The zero-order valence-corrected chi connectivity index (χ0v) is 16.4. The van der Waals surface area contributed by atoms with Crippen LogP contribution in [0.4, 0.5) is 5.69 Å². The molecular weight excluding hydrogens is 372 g/mol. The van der Waals surface area contributed by atoms with E-state index in [1.165, 1.54) is 16.9 Å². The van der Waals surface area contributed by atoms with Gasteiger partial charge in [0.15, 0.2) is 0 Å². The van der Waals surface area contributed by atoms with Gasteiger partial charge in [0, 0.05) is 30.6 Å². The first-order chi connectivity index (χ1) is 13.7. The Morgan fingerprint density at radius 2 is 1.86 bits per heavy atom. The highest BCUT2D eigenvalue weighted by atomic mass is 32.1. The number of ether oxygens (including phenoxy) is 1. The summed E-state index contributed by atoms with van der Waals surface area (Å²) in [6.07, 6.45) is 0.918. The normalized spacial score (nSPS) is 10.3. The summed E-state index contributed by atoms with van der Waals surface area (Å²) in [6, 6.07) is 19.3. The topological polar surface area (TPSA) is 67.4 Å². The van der Waals surface area contributed by atoms with Crippen LogP contribution in [0.2, 0.25) is 0 Å². The van der Waals surface area contributed by atoms with Gasteiger partial charge in [-0.25, -0.2) is 0 Å². The van der Waals surface area contributed by atoms with Crippen molar-refractivity contribution in [2.45, 2.75) is 12.8 Å². The van der Waals surface area contributed by atoms with Crippen LogP contribution in [-0.4, -0.2) is 25.5 Å². The summed E-state index contributed by atoms with van der Waals surface area (Å²) in [5, 5.41) is 7.48. The maximum atomic E-state index is 12.2. The fourth-order valence-electron chi connectivity index (χ4n) is 2.82. The summed E-state index contributed by atoms with van der Waals surface area (Å²) in [5.74, 6) is 0.477. The number of amides is 2. The zero-order valence-electron chi connectivity index (χ0n) is 15.6. The van der Waals surface area contributed by atoms with E-state index in [9.17, 15) is 9.59 Å². The SMILES string of the molecule is COc1ccc(NC(=O)CCNC(=O)c2cccs2)cc1Cc1ccccc1. The number of carbonyl (C=O) groups is 2. The molecule has 0 saturated carbocycles. The van der Waals surface area contributed by atoms with E-state index < -0.39 is 0 Å². The average molecular weight is 394 g/mol. The molecule has 0 aliphatic carbocycles. The van der Waals surface area contributed by atoms with Crippen molar-refractivity contribution in [1.82, 2.24) is 5.32 Å². The molecule has 0 atom stereocenters. The first-order valence-corrected chi connectivity index (χ1v) is 9.86. The van der Waals surface area contributed by atoms with E-state index in [0.29, 0.717) is 17.0 Å². The maximum absolute atomic E-state index is 12.2. The van der Waals surface area contributed by atoms with Crippen LogP contribution in [0, 0.1) is 0 Å². The van der Waals surface area contributed by atoms with E-state index in [0.717, 1.165) is 11.3 Å². The molecule has 0 aliphatic heterocycles. The fraction of sp³-hybridized carbons (Fsp3) is 0.182. The molecule has 28 heavy (non-hydrogen) atoms. The van der Waals surface area contributed by atoms with Gasteiger partial charge in [-0.3, -0.25) is 9.59 Å². The lowest BCUT2D eigenvalue weighted by Crippen LogP contribution is -2.27. The van der Waals surface area contributed by atoms with E-state index in [1.807, 2.05) is 47.8 Å². The highest BCUT2D eigenvalue weighted by Gasteiger charge is 2.10. The highest BCUT2D eigenvalue weighted by Crippen LogP contribution is 2.25. The number of carbonyl (C=O) groups excluding carboxylic acids is 2. The summed E-state index contributed by atoms with van der Waals surface area (Å²) in [5.41, 5.74) is 2.87. The predicted octanol–water partition coefficient (Wildman–Crippen LogP) is 4.11. The summed E-state index contributed by atoms with van der Waals surface area (Å²) in [4.78, 5) is 24.7. The second kappa shape index (κ2) is 9.71. The lowest BCUT2D eigenvalue weighted by Gasteiger charge is -2.12. The predicted molar refractivity (Wildman–Crippen MR) is 112 cm³/mol. The summed E-state index contributed by atoms with van der Waals surface area (Å²) < 4.78 is 5.44. The Kier molecular flexibility index (Phi) is 6.81. The van der Waals surface area contributed by atoms with Gasteiger partial charge >= 0.3 is 0 Å². The molecule has 6 heteroatoms. The number of benzene rings is 2. The molecule has 1 heterocycles. The molecule has 0 unspecified atom stereocenters. The minimum absolute atomic E-state index is 0.151. The Morgan fingerprint density at radius 1 is 1.04 bits per heavy atom. The number of methoxy groups -OCH3 is 1. The second-order valence-corrected chi connectivity index (χ2v) is 7.17. The van der Waals surface area contributed by atoms with Crippen LogP contribution in [0.15, 0.2) is 66.0 Å². The molecule has 0 fully saturated rings. The number of rotatable bonds is 8. The van der Waals surface area contributed by atoms with Crippen LogP contribution in [0.25, 0.3) is 0 Å². The van der Waals surface area contributed by atoms with E-state index in [4.69, 9.17) is 4.74 Å². The van der Waals surface area contributed by atoms with E-state index in [-0.39, 0.29) is 24.8 Å². The Morgan fingerprint density at radius 3 is 2.57 bits per heavy atom. The summed E-state index contributed by atoms with van der Waals surface area (Å²) >= 11 is 1.37. The molecule has 3 rings (SSSR count). The molecule has 0 aliphatic rings. The third-order valence-corrected chi connectivity index (χ3v) is 5.05. The average Bonchev–Trinajstić information content (AvgIpc) is 3.24. The van der Waals surface area contributed by atoms with E-state index in [2.05, 4.69) is 22.8 Å². The molecule has 5 nitrogen and oxygen atoms in total. The molecule has 0 spiro atoms. The van der Waals surface area contributed by atoms with Gasteiger partial charge in [-0.05, 0) is 35.2 Å². The van der Waals surface area contributed by atoms with Crippen LogP contribution in [0.1, 0.15) is 27.2 Å². The van der Waals surface area contributed by atoms with Gasteiger partial charge in [-0.1, -0.05) is 36.4 Å². The van der Waals surface area contributed by atoms with E-state index >= 15 is 0 Å². The minimum Gasteiger partial charge on any atom is -0.496 e. The third-order valence-electron chi connectivity index (χ3n) is 4.18.